The molecule has 2 heteroatoms. The molecule has 0 radical (unpaired) electrons. The van der Waals surface area contributed by atoms with E-state index in [1.807, 2.05) is 11.3 Å². The lowest BCUT2D eigenvalue weighted by Gasteiger charge is -2.25. The van der Waals surface area contributed by atoms with Gasteiger partial charge in [0.25, 0.3) is 0 Å². The maximum atomic E-state index is 2.51. The molecule has 0 N–H and O–H groups in total. The molecule has 0 saturated heterocycles. The van der Waals surface area contributed by atoms with E-state index >= 15 is 0 Å². The fourth-order valence-corrected chi connectivity index (χ4v) is 3.25. The van der Waals surface area contributed by atoms with E-state index in [1.54, 1.807) is 4.88 Å². The van der Waals surface area contributed by atoms with Gasteiger partial charge in [-0.15, -0.1) is 11.3 Å². The van der Waals surface area contributed by atoms with Crippen molar-refractivity contribution in [3.05, 3.63) is 63.9 Å². The lowest BCUT2D eigenvalue weighted by Crippen LogP contribution is -2.29. The van der Waals surface area contributed by atoms with Crippen molar-refractivity contribution in [2.45, 2.75) is 13.0 Å². The zero-order chi connectivity index (χ0) is 12.2. The summed E-state index contributed by atoms with van der Waals surface area (Å²) >= 11 is 1.90. The first kappa shape index (κ1) is 11.7. The smallest absolute Gasteiger partial charge is 0.0248 e. The van der Waals surface area contributed by atoms with Crippen molar-refractivity contribution in [2.75, 3.05) is 13.1 Å². The molecule has 0 saturated carbocycles. The van der Waals surface area contributed by atoms with E-state index in [9.17, 15) is 0 Å². The summed E-state index contributed by atoms with van der Waals surface area (Å²) < 4.78 is 0. The second kappa shape index (κ2) is 5.51. The van der Waals surface area contributed by atoms with E-state index in [-0.39, 0.29) is 0 Å². The van der Waals surface area contributed by atoms with Crippen LogP contribution in [0, 0.1) is 0 Å². The summed E-state index contributed by atoms with van der Waals surface area (Å²) in [5.41, 5.74) is 2.81. The zero-order valence-corrected chi connectivity index (χ0v) is 11.2. The number of benzene rings is 1. The molecule has 92 valence electrons. The highest BCUT2D eigenvalue weighted by Crippen LogP contribution is 2.23. The zero-order valence-electron chi connectivity index (χ0n) is 10.4. The molecule has 0 bridgehead atoms. The number of nitrogens with zero attached hydrogens (tertiary/aromatic N) is 1. The van der Waals surface area contributed by atoms with Crippen molar-refractivity contribution in [3.8, 4) is 0 Å². The number of thiophene rings is 1. The van der Waals surface area contributed by atoms with E-state index < -0.39 is 0 Å². The van der Waals surface area contributed by atoms with Crippen molar-refractivity contribution in [1.82, 2.24) is 4.90 Å². The molecule has 1 aromatic carbocycles. The average Bonchev–Trinajstić information content (AvgIpc) is 2.87. The first-order valence-electron chi connectivity index (χ1n) is 6.41. The molecule has 0 amide bonds. The third kappa shape index (κ3) is 2.71. The third-order valence-corrected chi connectivity index (χ3v) is 4.38. The molecule has 1 aromatic heterocycles. The molecular weight excluding hydrogens is 238 g/mol. The van der Waals surface area contributed by atoms with Gasteiger partial charge in [0.1, 0.15) is 0 Å². The Morgan fingerprint density at radius 1 is 1.17 bits per heavy atom. The summed E-state index contributed by atoms with van der Waals surface area (Å²) in [5, 5.41) is 2.22. The van der Waals surface area contributed by atoms with Gasteiger partial charge in [-0.25, -0.2) is 0 Å². The van der Waals surface area contributed by atoms with Gasteiger partial charge in [0.2, 0.25) is 0 Å². The Labute approximate surface area is 112 Å². The number of rotatable bonds is 3. The lowest BCUT2D eigenvalue weighted by atomic mass is 10.1. The Morgan fingerprint density at radius 3 is 2.94 bits per heavy atom. The minimum atomic E-state index is 1.05. The van der Waals surface area contributed by atoms with Crippen LogP contribution in [0.1, 0.15) is 16.0 Å². The van der Waals surface area contributed by atoms with Gasteiger partial charge in [0, 0.05) is 24.5 Å². The van der Waals surface area contributed by atoms with Crippen LogP contribution in [-0.2, 0) is 13.0 Å². The fourth-order valence-electron chi connectivity index (χ4n) is 2.36. The van der Waals surface area contributed by atoms with Crippen molar-refractivity contribution in [2.24, 2.45) is 0 Å². The average molecular weight is 255 g/mol. The van der Waals surface area contributed by atoms with Crippen molar-refractivity contribution < 1.29 is 0 Å². The largest absolute Gasteiger partial charge is 0.295 e. The summed E-state index contributed by atoms with van der Waals surface area (Å²) in [4.78, 5) is 4.09. The highest BCUT2D eigenvalue weighted by atomic mass is 32.1. The monoisotopic (exact) mass is 255 g/mol. The van der Waals surface area contributed by atoms with Crippen LogP contribution in [0.15, 0.2) is 47.9 Å². The summed E-state index contributed by atoms with van der Waals surface area (Å²) in [6, 6.07) is 12.8. The minimum Gasteiger partial charge on any atom is -0.295 e. The number of fused-ring (bicyclic) bond motifs is 1. The van der Waals surface area contributed by atoms with E-state index in [2.05, 4.69) is 58.8 Å². The maximum absolute atomic E-state index is 2.51. The highest BCUT2D eigenvalue weighted by molar-refractivity contribution is 7.10. The standard InChI is InChI=1S/C16H17NS/c1-2-5-14(6-3-1)7-4-10-17-11-8-16-15(13-17)9-12-18-16/h1-7,9,12H,8,10-11,13H2/b7-4+. The molecule has 1 nitrogen and oxygen atoms in total. The van der Waals surface area contributed by atoms with Gasteiger partial charge in [0.15, 0.2) is 0 Å². The summed E-state index contributed by atoms with van der Waals surface area (Å²) in [7, 11) is 0. The summed E-state index contributed by atoms with van der Waals surface area (Å²) in [6.07, 6.45) is 5.70. The van der Waals surface area contributed by atoms with Crippen LogP contribution in [0.5, 0.6) is 0 Å². The minimum absolute atomic E-state index is 1.05. The second-order valence-electron chi connectivity index (χ2n) is 4.67. The summed E-state index contributed by atoms with van der Waals surface area (Å²) in [6.45, 7) is 3.34. The first-order valence-corrected chi connectivity index (χ1v) is 7.29. The molecule has 18 heavy (non-hydrogen) atoms. The van der Waals surface area contributed by atoms with Crippen LogP contribution in [-0.4, -0.2) is 18.0 Å². The van der Waals surface area contributed by atoms with Gasteiger partial charge < -0.3 is 0 Å². The van der Waals surface area contributed by atoms with Crippen LogP contribution in [0.4, 0.5) is 0 Å². The van der Waals surface area contributed by atoms with Crippen molar-refractivity contribution in [3.63, 3.8) is 0 Å². The predicted molar refractivity (Wildman–Crippen MR) is 78.8 cm³/mol. The second-order valence-corrected chi connectivity index (χ2v) is 5.67. The van der Waals surface area contributed by atoms with Crippen LogP contribution in [0.3, 0.4) is 0 Å². The van der Waals surface area contributed by atoms with Gasteiger partial charge in [0.05, 0.1) is 0 Å². The maximum Gasteiger partial charge on any atom is 0.0248 e. The van der Waals surface area contributed by atoms with Gasteiger partial charge in [-0.05, 0) is 29.0 Å². The molecule has 1 aliphatic rings. The lowest BCUT2D eigenvalue weighted by molar-refractivity contribution is 0.284. The molecule has 2 aromatic rings. The van der Waals surface area contributed by atoms with E-state index in [1.165, 1.54) is 24.1 Å². The Balaban J connectivity index is 1.57. The first-order chi connectivity index (χ1) is 8.92. The molecular formula is C16H17NS. The number of hydrogen-bond acceptors (Lipinski definition) is 2. The summed E-state index contributed by atoms with van der Waals surface area (Å²) in [5.74, 6) is 0. The van der Waals surface area contributed by atoms with Crippen LogP contribution >= 0.6 is 11.3 Å². The molecule has 0 fully saturated rings. The SMILES string of the molecule is C(=C\c1ccccc1)/CN1CCc2sccc2C1. The molecule has 0 aliphatic carbocycles. The van der Waals surface area contributed by atoms with Crippen LogP contribution < -0.4 is 0 Å². The molecule has 0 atom stereocenters. The third-order valence-electron chi connectivity index (χ3n) is 3.36. The normalized spacial score (nSPS) is 16.0. The molecule has 0 spiro atoms. The van der Waals surface area contributed by atoms with Gasteiger partial charge in [-0.2, -0.15) is 0 Å². The predicted octanol–water partition coefficient (Wildman–Crippen LogP) is 3.82. The quantitative estimate of drug-likeness (QED) is 0.806. The molecule has 0 unspecified atom stereocenters. The fraction of sp³-hybridized carbons (Fsp3) is 0.250. The van der Waals surface area contributed by atoms with Crippen LogP contribution in [0.2, 0.25) is 0 Å². The topological polar surface area (TPSA) is 3.24 Å². The molecule has 1 aliphatic heterocycles. The van der Waals surface area contributed by atoms with Crippen molar-refractivity contribution in [1.29, 1.82) is 0 Å². The van der Waals surface area contributed by atoms with E-state index in [0.29, 0.717) is 0 Å². The van der Waals surface area contributed by atoms with Gasteiger partial charge in [-0.1, -0.05) is 42.5 Å². The Hall–Kier alpha value is -1.38. The van der Waals surface area contributed by atoms with E-state index in [4.69, 9.17) is 0 Å². The highest BCUT2D eigenvalue weighted by Gasteiger charge is 2.15. The Morgan fingerprint density at radius 2 is 2.06 bits per heavy atom. The van der Waals surface area contributed by atoms with Gasteiger partial charge in [-0.3, -0.25) is 4.90 Å². The van der Waals surface area contributed by atoms with Gasteiger partial charge >= 0.3 is 0 Å². The number of hydrogen-bond donors (Lipinski definition) is 0. The Bertz CT molecular complexity index is 527. The molecule has 2 heterocycles. The van der Waals surface area contributed by atoms with E-state index in [0.717, 1.165) is 13.1 Å². The Kier molecular flexibility index (Phi) is 3.58. The molecule has 3 rings (SSSR count). The van der Waals surface area contributed by atoms with Crippen molar-refractivity contribution >= 4 is 17.4 Å². The van der Waals surface area contributed by atoms with Crippen LogP contribution in [0.25, 0.3) is 6.08 Å².